The van der Waals surface area contributed by atoms with E-state index in [0.29, 0.717) is 23.8 Å². The van der Waals surface area contributed by atoms with Crippen LogP contribution in [0.3, 0.4) is 0 Å². The Kier molecular flexibility index (Phi) is 2.76. The third-order valence-corrected chi connectivity index (χ3v) is 5.89. The molecule has 3 aliphatic rings. The molecule has 0 spiro atoms. The molecule has 0 heterocycles. The zero-order chi connectivity index (χ0) is 12.2. The van der Waals surface area contributed by atoms with E-state index in [1.807, 2.05) is 0 Å². The van der Waals surface area contributed by atoms with Gasteiger partial charge in [-0.1, -0.05) is 0 Å². The predicted octanol–water partition coefficient (Wildman–Crippen LogP) is 0.688. The summed E-state index contributed by atoms with van der Waals surface area (Å²) < 4.78 is 25.5. The molecule has 0 radical (unpaired) electrons. The van der Waals surface area contributed by atoms with E-state index in [2.05, 4.69) is 4.72 Å². The molecule has 3 fully saturated rings. The zero-order valence-electron chi connectivity index (χ0n) is 10.3. The highest BCUT2D eigenvalue weighted by molar-refractivity contribution is 7.88. The first-order valence-corrected chi connectivity index (χ1v) is 8.54. The van der Waals surface area contributed by atoms with E-state index >= 15 is 0 Å². The summed E-state index contributed by atoms with van der Waals surface area (Å²) in [5.41, 5.74) is 6.32. The van der Waals surface area contributed by atoms with Crippen LogP contribution in [-0.4, -0.2) is 26.8 Å². The van der Waals surface area contributed by atoms with Crippen molar-refractivity contribution in [2.45, 2.75) is 44.2 Å². The highest BCUT2D eigenvalue weighted by Gasteiger charge is 2.48. The fourth-order valence-electron chi connectivity index (χ4n) is 4.56. The van der Waals surface area contributed by atoms with Gasteiger partial charge in [0.15, 0.2) is 0 Å². The Balaban J connectivity index is 1.79. The topological polar surface area (TPSA) is 72.2 Å². The molecular formula is C12H22N2O2S. The van der Waals surface area contributed by atoms with Crippen molar-refractivity contribution in [2.75, 3.05) is 6.26 Å². The Hall–Kier alpha value is -0.130. The van der Waals surface area contributed by atoms with E-state index < -0.39 is 10.0 Å². The normalized spacial score (nSPS) is 49.3. The van der Waals surface area contributed by atoms with Gasteiger partial charge in [0.1, 0.15) is 0 Å². The van der Waals surface area contributed by atoms with Crippen LogP contribution in [0.2, 0.25) is 0 Å². The molecule has 3 rings (SSSR count). The fourth-order valence-corrected chi connectivity index (χ4v) is 5.36. The first kappa shape index (κ1) is 11.9. The fraction of sp³-hybridized carbons (Fsp3) is 1.00. The van der Waals surface area contributed by atoms with E-state index in [0.717, 1.165) is 18.8 Å². The van der Waals surface area contributed by atoms with Crippen molar-refractivity contribution in [1.29, 1.82) is 0 Å². The quantitative estimate of drug-likeness (QED) is 0.765. The predicted molar refractivity (Wildman–Crippen MR) is 66.8 cm³/mol. The lowest BCUT2D eigenvalue weighted by Gasteiger charge is -2.35. The first-order valence-electron chi connectivity index (χ1n) is 6.65. The number of rotatable bonds is 2. The van der Waals surface area contributed by atoms with E-state index in [1.165, 1.54) is 25.5 Å². The van der Waals surface area contributed by atoms with Crippen LogP contribution in [0.25, 0.3) is 0 Å². The zero-order valence-corrected chi connectivity index (χ0v) is 11.1. The minimum atomic E-state index is -3.08. The van der Waals surface area contributed by atoms with Crippen LogP contribution < -0.4 is 10.5 Å². The molecule has 98 valence electrons. The van der Waals surface area contributed by atoms with Gasteiger partial charge in [-0.3, -0.25) is 0 Å². The number of fused-ring (bicyclic) bond motifs is 2. The summed E-state index contributed by atoms with van der Waals surface area (Å²) in [6, 6.07) is 0.426. The van der Waals surface area contributed by atoms with Crippen LogP contribution in [-0.2, 0) is 10.0 Å². The van der Waals surface area contributed by atoms with E-state index in [9.17, 15) is 8.42 Å². The minimum Gasteiger partial charge on any atom is -0.327 e. The molecule has 3 saturated carbocycles. The van der Waals surface area contributed by atoms with E-state index in [4.69, 9.17) is 5.73 Å². The summed E-state index contributed by atoms with van der Waals surface area (Å²) in [5, 5.41) is 0. The van der Waals surface area contributed by atoms with Gasteiger partial charge < -0.3 is 5.73 Å². The molecule has 4 nitrogen and oxygen atoms in total. The van der Waals surface area contributed by atoms with Crippen molar-refractivity contribution in [1.82, 2.24) is 4.72 Å². The number of hydrogen-bond acceptors (Lipinski definition) is 3. The summed E-state index contributed by atoms with van der Waals surface area (Å²) in [4.78, 5) is 0. The van der Waals surface area contributed by atoms with Gasteiger partial charge in [-0.15, -0.1) is 0 Å². The lowest BCUT2D eigenvalue weighted by Crippen LogP contribution is -2.44. The second kappa shape index (κ2) is 3.93. The molecule has 17 heavy (non-hydrogen) atoms. The Morgan fingerprint density at radius 2 is 1.41 bits per heavy atom. The Bertz CT molecular complexity index is 409. The SMILES string of the molecule is CS(=O)(=O)N[C@@H]1CC2CC3CC2CC(C1)[C@H]3N. The molecule has 0 amide bonds. The molecule has 0 aliphatic heterocycles. The van der Waals surface area contributed by atoms with E-state index in [-0.39, 0.29) is 6.04 Å². The lowest BCUT2D eigenvalue weighted by molar-refractivity contribution is 0.207. The molecule has 0 aromatic heterocycles. The molecular weight excluding hydrogens is 236 g/mol. The second-order valence-corrected chi connectivity index (χ2v) is 8.16. The highest BCUT2D eigenvalue weighted by atomic mass is 32.2. The van der Waals surface area contributed by atoms with Crippen LogP contribution in [0.1, 0.15) is 32.1 Å². The molecule has 4 unspecified atom stereocenters. The molecule has 6 atom stereocenters. The van der Waals surface area contributed by atoms with Crippen LogP contribution in [0, 0.1) is 23.7 Å². The van der Waals surface area contributed by atoms with Crippen molar-refractivity contribution in [2.24, 2.45) is 29.4 Å². The van der Waals surface area contributed by atoms with Gasteiger partial charge in [-0.25, -0.2) is 13.1 Å². The van der Waals surface area contributed by atoms with Gasteiger partial charge in [0.05, 0.1) is 6.26 Å². The molecule has 0 aromatic rings. The largest absolute Gasteiger partial charge is 0.327 e. The van der Waals surface area contributed by atoms with Crippen molar-refractivity contribution in [3.63, 3.8) is 0 Å². The number of nitrogens with one attached hydrogen (secondary N) is 1. The third-order valence-electron chi connectivity index (χ3n) is 5.13. The Morgan fingerprint density at radius 1 is 0.941 bits per heavy atom. The molecule has 5 heteroatoms. The summed E-state index contributed by atoms with van der Waals surface area (Å²) in [7, 11) is -3.08. The van der Waals surface area contributed by atoms with Crippen molar-refractivity contribution in [3.8, 4) is 0 Å². The van der Waals surface area contributed by atoms with Gasteiger partial charge >= 0.3 is 0 Å². The standard InChI is InChI=1S/C12H22N2O2S/c1-17(15,16)14-11-5-8-4-9-2-7(8)3-10(6-11)12(9)13/h7-12,14H,2-6,13H2,1H3/t7?,8?,9?,10?,11-,12+/m1/s1. The molecule has 3 N–H and O–H groups in total. The van der Waals surface area contributed by atoms with Crippen molar-refractivity contribution < 1.29 is 8.42 Å². The van der Waals surface area contributed by atoms with Crippen molar-refractivity contribution >= 4 is 10.0 Å². The van der Waals surface area contributed by atoms with Crippen LogP contribution in [0.4, 0.5) is 0 Å². The molecule has 0 aromatic carbocycles. The summed E-state index contributed by atoms with van der Waals surface area (Å²) >= 11 is 0. The maximum atomic E-state index is 11.4. The number of sulfonamides is 1. The van der Waals surface area contributed by atoms with Gasteiger partial charge in [-0.05, 0) is 55.8 Å². The summed E-state index contributed by atoms with van der Waals surface area (Å²) in [5.74, 6) is 2.77. The van der Waals surface area contributed by atoms with Crippen LogP contribution in [0.15, 0.2) is 0 Å². The third kappa shape index (κ3) is 2.25. The molecule has 0 saturated heterocycles. The first-order chi connectivity index (χ1) is 7.92. The van der Waals surface area contributed by atoms with Crippen LogP contribution >= 0.6 is 0 Å². The lowest BCUT2D eigenvalue weighted by atomic mass is 9.76. The number of hydrogen-bond donors (Lipinski definition) is 2. The smallest absolute Gasteiger partial charge is 0.208 e. The van der Waals surface area contributed by atoms with Gasteiger partial charge in [0.25, 0.3) is 0 Å². The molecule has 3 bridgehead atoms. The average molecular weight is 258 g/mol. The van der Waals surface area contributed by atoms with E-state index in [1.54, 1.807) is 0 Å². The highest BCUT2D eigenvalue weighted by Crippen LogP contribution is 2.52. The van der Waals surface area contributed by atoms with Crippen molar-refractivity contribution in [3.05, 3.63) is 0 Å². The maximum absolute atomic E-state index is 11.4. The van der Waals surface area contributed by atoms with Gasteiger partial charge in [0, 0.05) is 12.1 Å². The second-order valence-electron chi connectivity index (χ2n) is 6.38. The maximum Gasteiger partial charge on any atom is 0.208 e. The average Bonchev–Trinajstić information content (AvgIpc) is 2.45. The summed E-state index contributed by atoms with van der Waals surface area (Å²) in [6.45, 7) is 0. The molecule has 3 aliphatic carbocycles. The van der Waals surface area contributed by atoms with Gasteiger partial charge in [0.2, 0.25) is 10.0 Å². The Morgan fingerprint density at radius 3 is 2.00 bits per heavy atom. The van der Waals surface area contributed by atoms with Crippen LogP contribution in [0.5, 0.6) is 0 Å². The Labute approximate surface area is 103 Å². The summed E-state index contributed by atoms with van der Waals surface area (Å²) in [6.07, 6.45) is 6.96. The minimum absolute atomic E-state index is 0.120. The monoisotopic (exact) mass is 258 g/mol. The number of nitrogens with two attached hydrogens (primary N) is 1. The van der Waals surface area contributed by atoms with Gasteiger partial charge in [-0.2, -0.15) is 0 Å².